The lowest BCUT2D eigenvalue weighted by molar-refractivity contribution is -0.612. The zero-order valence-electron chi connectivity index (χ0n) is 9.36. The standard InChI is InChI=1S/C11H16N2O2/c1-9-4-5-11(8-13(9)15)6-7-12(3)10(2)14/h4-5,8H,6-7H2,1-3H3. The molecule has 1 amide bonds. The molecular weight excluding hydrogens is 192 g/mol. The first kappa shape index (κ1) is 11.5. The minimum atomic E-state index is 0.0390. The van der Waals surface area contributed by atoms with Gasteiger partial charge in [-0.25, -0.2) is 0 Å². The number of nitrogens with zero attached hydrogens (tertiary/aromatic N) is 2. The molecule has 0 fully saturated rings. The highest BCUT2D eigenvalue weighted by Gasteiger charge is 2.05. The van der Waals surface area contributed by atoms with Crippen molar-refractivity contribution in [2.75, 3.05) is 13.6 Å². The molecule has 0 saturated heterocycles. The van der Waals surface area contributed by atoms with Gasteiger partial charge in [0.25, 0.3) is 0 Å². The van der Waals surface area contributed by atoms with Crippen molar-refractivity contribution in [3.63, 3.8) is 0 Å². The fraction of sp³-hybridized carbons (Fsp3) is 0.455. The molecule has 0 bridgehead atoms. The highest BCUT2D eigenvalue weighted by atomic mass is 16.5. The Kier molecular flexibility index (Phi) is 3.66. The van der Waals surface area contributed by atoms with Crippen molar-refractivity contribution < 1.29 is 9.52 Å². The second-order valence-corrected chi connectivity index (χ2v) is 3.70. The third kappa shape index (κ3) is 3.23. The fourth-order valence-electron chi connectivity index (χ4n) is 1.20. The second-order valence-electron chi connectivity index (χ2n) is 3.70. The molecule has 15 heavy (non-hydrogen) atoms. The number of pyridine rings is 1. The molecule has 0 N–H and O–H groups in total. The first-order chi connectivity index (χ1) is 7.00. The van der Waals surface area contributed by atoms with Crippen LogP contribution in [-0.2, 0) is 11.2 Å². The summed E-state index contributed by atoms with van der Waals surface area (Å²) in [7, 11) is 1.75. The monoisotopic (exact) mass is 208 g/mol. The van der Waals surface area contributed by atoms with E-state index in [0.717, 1.165) is 10.3 Å². The number of likely N-dealkylation sites (N-methyl/N-ethyl adjacent to an activating group) is 1. The van der Waals surface area contributed by atoms with Gasteiger partial charge in [-0.05, 0) is 12.5 Å². The molecule has 1 aromatic rings. The summed E-state index contributed by atoms with van der Waals surface area (Å²) >= 11 is 0. The van der Waals surface area contributed by atoms with Crippen LogP contribution >= 0.6 is 0 Å². The van der Waals surface area contributed by atoms with Gasteiger partial charge in [-0.15, -0.1) is 0 Å². The Labute approximate surface area is 89.7 Å². The lowest BCUT2D eigenvalue weighted by Crippen LogP contribution is -2.31. The number of carbonyl (C=O) groups is 1. The Morgan fingerprint density at radius 2 is 2.20 bits per heavy atom. The van der Waals surface area contributed by atoms with Gasteiger partial charge in [0.15, 0.2) is 11.9 Å². The van der Waals surface area contributed by atoms with E-state index in [9.17, 15) is 10.0 Å². The van der Waals surface area contributed by atoms with Crippen molar-refractivity contribution in [1.29, 1.82) is 0 Å². The summed E-state index contributed by atoms with van der Waals surface area (Å²) in [6.07, 6.45) is 2.27. The van der Waals surface area contributed by atoms with Gasteiger partial charge in [0.1, 0.15) is 0 Å². The van der Waals surface area contributed by atoms with Gasteiger partial charge >= 0.3 is 0 Å². The lowest BCUT2D eigenvalue weighted by atomic mass is 10.2. The van der Waals surface area contributed by atoms with Crippen molar-refractivity contribution in [3.05, 3.63) is 34.8 Å². The highest BCUT2D eigenvalue weighted by Crippen LogP contribution is 2.00. The maximum absolute atomic E-state index is 11.3. The Morgan fingerprint density at radius 3 is 2.73 bits per heavy atom. The molecule has 1 aromatic heterocycles. The molecule has 4 nitrogen and oxygen atoms in total. The summed E-state index contributed by atoms with van der Waals surface area (Å²) in [5, 5.41) is 11.3. The largest absolute Gasteiger partial charge is 0.619 e. The average Bonchev–Trinajstić information content (AvgIpc) is 2.19. The first-order valence-electron chi connectivity index (χ1n) is 4.91. The molecule has 0 radical (unpaired) electrons. The number of hydrogen-bond donors (Lipinski definition) is 0. The van der Waals surface area contributed by atoms with Crippen LogP contribution in [0.2, 0.25) is 0 Å². The van der Waals surface area contributed by atoms with Crippen LogP contribution in [0.15, 0.2) is 18.3 Å². The van der Waals surface area contributed by atoms with Crippen LogP contribution in [0.4, 0.5) is 0 Å². The second kappa shape index (κ2) is 4.77. The zero-order chi connectivity index (χ0) is 11.4. The van der Waals surface area contributed by atoms with E-state index in [1.807, 2.05) is 6.07 Å². The lowest BCUT2D eigenvalue weighted by Gasteiger charge is -2.14. The summed E-state index contributed by atoms with van der Waals surface area (Å²) in [5.74, 6) is 0.0390. The van der Waals surface area contributed by atoms with Crippen LogP contribution in [-0.4, -0.2) is 24.4 Å². The van der Waals surface area contributed by atoms with E-state index in [0.29, 0.717) is 18.7 Å². The van der Waals surface area contributed by atoms with Crippen LogP contribution in [0.25, 0.3) is 0 Å². The molecule has 0 aromatic carbocycles. The molecule has 0 aliphatic carbocycles. The van der Waals surface area contributed by atoms with Crippen molar-refractivity contribution in [1.82, 2.24) is 4.90 Å². The molecule has 1 heterocycles. The van der Waals surface area contributed by atoms with Crippen molar-refractivity contribution in [2.24, 2.45) is 0 Å². The summed E-state index contributed by atoms with van der Waals surface area (Å²) in [4.78, 5) is 12.6. The van der Waals surface area contributed by atoms with E-state index in [2.05, 4.69) is 0 Å². The Morgan fingerprint density at radius 1 is 1.53 bits per heavy atom. The predicted octanol–water partition coefficient (Wildman–Crippen LogP) is 0.649. The van der Waals surface area contributed by atoms with Gasteiger partial charge in [-0.2, -0.15) is 4.73 Å². The summed E-state index contributed by atoms with van der Waals surface area (Å²) in [6, 6.07) is 3.70. The van der Waals surface area contributed by atoms with Gasteiger partial charge in [-0.1, -0.05) is 0 Å². The van der Waals surface area contributed by atoms with Gasteiger partial charge in [0.2, 0.25) is 5.91 Å². The number of carbonyl (C=O) groups excluding carboxylic acids is 1. The summed E-state index contributed by atoms with van der Waals surface area (Å²) < 4.78 is 0.850. The predicted molar refractivity (Wildman–Crippen MR) is 57.2 cm³/mol. The molecule has 1 rings (SSSR count). The number of hydrogen-bond acceptors (Lipinski definition) is 2. The van der Waals surface area contributed by atoms with Gasteiger partial charge in [-0.3, -0.25) is 4.79 Å². The maximum atomic E-state index is 11.3. The van der Waals surface area contributed by atoms with E-state index in [4.69, 9.17) is 0 Å². The molecule has 0 spiro atoms. The van der Waals surface area contributed by atoms with Crippen LogP contribution in [0.3, 0.4) is 0 Å². The van der Waals surface area contributed by atoms with Gasteiger partial charge in [0.05, 0.1) is 0 Å². The van der Waals surface area contributed by atoms with E-state index in [-0.39, 0.29) is 5.91 Å². The molecule has 82 valence electrons. The number of aromatic nitrogens is 1. The molecule has 0 saturated carbocycles. The summed E-state index contributed by atoms with van der Waals surface area (Å²) in [5.41, 5.74) is 1.63. The number of rotatable bonds is 3. The minimum absolute atomic E-state index is 0.0390. The zero-order valence-corrected chi connectivity index (χ0v) is 9.36. The van der Waals surface area contributed by atoms with Crippen molar-refractivity contribution in [3.8, 4) is 0 Å². The maximum Gasteiger partial charge on any atom is 0.219 e. The molecule has 0 unspecified atom stereocenters. The van der Waals surface area contributed by atoms with Gasteiger partial charge in [0, 0.05) is 39.1 Å². The Balaban J connectivity index is 2.58. The quantitative estimate of drug-likeness (QED) is 0.541. The molecule has 0 aliphatic heterocycles. The smallest absolute Gasteiger partial charge is 0.219 e. The van der Waals surface area contributed by atoms with Gasteiger partial charge < -0.3 is 10.1 Å². The van der Waals surface area contributed by atoms with Crippen LogP contribution in [0, 0.1) is 12.1 Å². The van der Waals surface area contributed by atoms with Crippen LogP contribution < -0.4 is 4.73 Å². The fourth-order valence-corrected chi connectivity index (χ4v) is 1.20. The highest BCUT2D eigenvalue weighted by molar-refractivity contribution is 5.72. The Hall–Kier alpha value is -1.58. The third-order valence-corrected chi connectivity index (χ3v) is 2.44. The minimum Gasteiger partial charge on any atom is -0.619 e. The Bertz CT molecular complexity index is 364. The molecule has 0 aliphatic rings. The van der Waals surface area contributed by atoms with E-state index >= 15 is 0 Å². The average molecular weight is 208 g/mol. The van der Waals surface area contributed by atoms with E-state index < -0.39 is 0 Å². The SMILES string of the molecule is CC(=O)N(C)CCc1ccc(C)[n+]([O-])c1. The summed E-state index contributed by atoms with van der Waals surface area (Å²) in [6.45, 7) is 3.93. The molecule has 0 atom stereocenters. The number of aryl methyl sites for hydroxylation is 1. The topological polar surface area (TPSA) is 47.2 Å². The van der Waals surface area contributed by atoms with E-state index in [1.54, 1.807) is 31.1 Å². The van der Waals surface area contributed by atoms with E-state index in [1.165, 1.54) is 6.92 Å². The van der Waals surface area contributed by atoms with Crippen LogP contribution in [0.5, 0.6) is 0 Å². The van der Waals surface area contributed by atoms with Crippen molar-refractivity contribution in [2.45, 2.75) is 20.3 Å². The van der Waals surface area contributed by atoms with Crippen LogP contribution in [0.1, 0.15) is 18.2 Å². The normalized spacial score (nSPS) is 10.1. The molecular formula is C11H16N2O2. The van der Waals surface area contributed by atoms with Crippen molar-refractivity contribution >= 4 is 5.91 Å². The number of amides is 1. The third-order valence-electron chi connectivity index (χ3n) is 2.44. The first-order valence-corrected chi connectivity index (χ1v) is 4.91. The molecule has 4 heteroatoms.